The van der Waals surface area contributed by atoms with E-state index in [1.54, 1.807) is 30.2 Å². The molecule has 2 aliphatic heterocycles. The molecule has 0 atom stereocenters. The number of esters is 1. The Bertz CT molecular complexity index is 2000. The lowest BCUT2D eigenvalue weighted by Gasteiger charge is -2.32. The molecule has 2 fully saturated rings. The van der Waals surface area contributed by atoms with Crippen molar-refractivity contribution in [2.45, 2.75) is 64.1 Å². The third-order valence-electron chi connectivity index (χ3n) is 11.2. The highest BCUT2D eigenvalue weighted by Crippen LogP contribution is 2.29. The first-order valence-electron chi connectivity index (χ1n) is 20.2. The molecule has 8 nitrogen and oxygen atoms in total. The van der Waals surface area contributed by atoms with Gasteiger partial charge in [0.2, 0.25) is 5.91 Å². The maximum absolute atomic E-state index is 13.7. The van der Waals surface area contributed by atoms with Gasteiger partial charge in [0.05, 0.1) is 7.11 Å². The molecule has 0 aliphatic carbocycles. The summed E-state index contributed by atoms with van der Waals surface area (Å²) in [6.45, 7) is 4.44. The number of hydrogen-bond donors (Lipinski definition) is 1. The monoisotopic (exact) mass is 795 g/mol. The molecule has 0 unspecified atom stereocenters. The van der Waals surface area contributed by atoms with E-state index in [1.165, 1.54) is 50.3 Å². The summed E-state index contributed by atoms with van der Waals surface area (Å²) in [4.78, 5) is 42.3. The van der Waals surface area contributed by atoms with Crippen LogP contribution >= 0.6 is 0 Å². The fourth-order valence-corrected chi connectivity index (χ4v) is 7.78. The molecule has 2 heterocycles. The van der Waals surface area contributed by atoms with Gasteiger partial charge in [-0.25, -0.2) is 4.79 Å². The second-order valence-corrected chi connectivity index (χ2v) is 15.3. The maximum atomic E-state index is 13.7. The summed E-state index contributed by atoms with van der Waals surface area (Å²) in [5.41, 5.74) is 4.94. The van der Waals surface area contributed by atoms with Crippen molar-refractivity contribution in [1.82, 2.24) is 15.1 Å². The summed E-state index contributed by atoms with van der Waals surface area (Å²) in [5.74, 6) is -0.437. The molecular formula is C47H52F3N3O5. The second-order valence-electron chi connectivity index (χ2n) is 15.3. The van der Waals surface area contributed by atoms with E-state index in [0.717, 1.165) is 72.8 Å². The van der Waals surface area contributed by atoms with Crippen molar-refractivity contribution in [3.63, 3.8) is 0 Å². The van der Waals surface area contributed by atoms with Crippen LogP contribution in [-0.2, 0) is 22.6 Å². The van der Waals surface area contributed by atoms with Gasteiger partial charge >= 0.3 is 12.1 Å². The van der Waals surface area contributed by atoms with Crippen molar-refractivity contribution in [1.29, 1.82) is 0 Å². The first-order valence-corrected chi connectivity index (χ1v) is 20.2. The molecule has 58 heavy (non-hydrogen) atoms. The molecule has 2 aliphatic rings. The fourth-order valence-electron chi connectivity index (χ4n) is 7.78. The van der Waals surface area contributed by atoms with Crippen LogP contribution in [0.1, 0.15) is 72.0 Å². The zero-order valence-corrected chi connectivity index (χ0v) is 33.0. The van der Waals surface area contributed by atoms with Crippen LogP contribution in [0.25, 0.3) is 17.2 Å². The van der Waals surface area contributed by atoms with Gasteiger partial charge in [-0.2, -0.15) is 13.2 Å². The molecule has 0 bridgehead atoms. The fraction of sp³-hybridized carbons (Fsp3) is 0.383. The topological polar surface area (TPSA) is 88.2 Å². The molecule has 6 rings (SSSR count). The maximum Gasteiger partial charge on any atom is 0.491 e. The van der Waals surface area contributed by atoms with Crippen LogP contribution in [0, 0.1) is 11.8 Å². The highest BCUT2D eigenvalue weighted by Gasteiger charge is 2.41. The quantitative estimate of drug-likeness (QED) is 0.0734. The number of hydrogen-bond acceptors (Lipinski definition) is 6. The van der Waals surface area contributed by atoms with Crippen LogP contribution in [0.2, 0.25) is 0 Å². The Labute approximate surface area is 339 Å². The number of methoxy groups -OCH3 is 1. The predicted octanol–water partition coefficient (Wildman–Crippen LogP) is 9.14. The molecule has 2 amide bonds. The Balaban J connectivity index is 1.10. The summed E-state index contributed by atoms with van der Waals surface area (Å²) < 4.78 is 47.7. The molecule has 0 radical (unpaired) electrons. The van der Waals surface area contributed by atoms with Crippen LogP contribution in [0.4, 0.5) is 13.2 Å². The highest BCUT2D eigenvalue weighted by atomic mass is 19.4. The Morgan fingerprint density at radius 1 is 0.793 bits per heavy atom. The summed E-state index contributed by atoms with van der Waals surface area (Å²) in [6, 6.07) is 28.7. The number of halogens is 3. The Morgan fingerprint density at radius 3 is 2.10 bits per heavy atom. The number of ether oxygens (including phenoxy) is 2. The van der Waals surface area contributed by atoms with Crippen molar-refractivity contribution in [3.05, 3.63) is 125 Å². The van der Waals surface area contributed by atoms with Crippen LogP contribution < -0.4 is 14.8 Å². The highest BCUT2D eigenvalue weighted by molar-refractivity contribution is 5.95. The van der Waals surface area contributed by atoms with E-state index >= 15 is 0 Å². The SMILES string of the molecule is COc1ccc(C=CC(=O)N(CCc2ccc(OC(=O)C(F)(F)F)cc2)Cc2cccc(-c3cccc(C(=O)N4CCC(CCCC5CCNCC5)CC4)c3)c2)cc1. The number of nitrogens with one attached hydrogen (secondary N) is 1. The molecule has 306 valence electrons. The largest absolute Gasteiger partial charge is 0.497 e. The van der Waals surface area contributed by atoms with E-state index in [1.807, 2.05) is 77.7 Å². The number of likely N-dealkylation sites (tertiary alicyclic amines) is 1. The Kier molecular flexibility index (Phi) is 14.8. The van der Waals surface area contributed by atoms with E-state index in [2.05, 4.69) is 10.1 Å². The lowest BCUT2D eigenvalue weighted by Crippen LogP contribution is -2.38. The molecule has 0 saturated carbocycles. The van der Waals surface area contributed by atoms with E-state index in [0.29, 0.717) is 30.2 Å². The standard InChI is InChI=1S/C47H52F3N3O5/c1-57-42-16-11-36(12-17-42)15-20-44(54)53(30-25-37-13-18-43(19-14-37)58-46(56)47(48,49)50)33-38-7-3-8-39(31-38)40-9-4-10-41(32-40)45(55)52-28-23-35(24-29-52)6-2-5-34-21-26-51-27-22-34/h3-4,7-20,31-32,34-35,51H,2,5-6,21-30,33H2,1H3. The number of alkyl halides is 3. The lowest BCUT2D eigenvalue weighted by molar-refractivity contribution is -0.189. The van der Waals surface area contributed by atoms with E-state index in [9.17, 15) is 27.6 Å². The first kappa shape index (κ1) is 42.2. The van der Waals surface area contributed by atoms with Gasteiger partial charge in [-0.3, -0.25) is 9.59 Å². The second kappa shape index (κ2) is 20.3. The van der Waals surface area contributed by atoms with Crippen molar-refractivity contribution >= 4 is 23.9 Å². The minimum Gasteiger partial charge on any atom is -0.497 e. The van der Waals surface area contributed by atoms with Gasteiger partial charge in [0.15, 0.2) is 0 Å². The van der Waals surface area contributed by atoms with E-state index in [-0.39, 0.29) is 24.1 Å². The van der Waals surface area contributed by atoms with Crippen LogP contribution in [0.15, 0.2) is 103 Å². The number of piperidine rings is 2. The minimum absolute atomic E-state index is 0.0538. The van der Waals surface area contributed by atoms with Crippen LogP contribution in [0.3, 0.4) is 0 Å². The number of carbonyl (C=O) groups excluding carboxylic acids is 3. The number of rotatable bonds is 15. The lowest BCUT2D eigenvalue weighted by atomic mass is 9.87. The first-order chi connectivity index (χ1) is 28.0. The summed E-state index contributed by atoms with van der Waals surface area (Å²) in [7, 11) is 1.59. The third kappa shape index (κ3) is 12.3. The number of benzene rings is 4. The van der Waals surface area contributed by atoms with Gasteiger partial charge in [-0.05, 0) is 133 Å². The molecule has 11 heteroatoms. The van der Waals surface area contributed by atoms with Gasteiger partial charge in [-0.1, -0.05) is 73.9 Å². The predicted molar refractivity (Wildman–Crippen MR) is 219 cm³/mol. The van der Waals surface area contributed by atoms with E-state index in [4.69, 9.17) is 4.74 Å². The van der Waals surface area contributed by atoms with Crippen molar-refractivity contribution < 1.29 is 37.0 Å². The zero-order chi connectivity index (χ0) is 40.9. The van der Waals surface area contributed by atoms with Gasteiger partial charge in [0.25, 0.3) is 5.91 Å². The van der Waals surface area contributed by atoms with Crippen LogP contribution in [-0.4, -0.2) is 73.6 Å². The average molecular weight is 796 g/mol. The van der Waals surface area contributed by atoms with Crippen molar-refractivity contribution in [3.8, 4) is 22.6 Å². The number of amides is 2. The Hall–Kier alpha value is -5.42. The molecule has 0 spiro atoms. The van der Waals surface area contributed by atoms with Crippen molar-refractivity contribution in [2.75, 3.05) is 39.8 Å². The number of carbonyl (C=O) groups is 3. The molecule has 1 N–H and O–H groups in total. The molecule has 4 aromatic carbocycles. The Morgan fingerprint density at radius 2 is 1.43 bits per heavy atom. The van der Waals surface area contributed by atoms with E-state index < -0.39 is 12.1 Å². The zero-order valence-electron chi connectivity index (χ0n) is 33.0. The van der Waals surface area contributed by atoms with Gasteiger partial charge in [0, 0.05) is 37.8 Å². The summed E-state index contributed by atoms with van der Waals surface area (Å²) >= 11 is 0. The molecule has 2 saturated heterocycles. The molecular weight excluding hydrogens is 744 g/mol. The van der Waals surface area contributed by atoms with Gasteiger partial charge in [0.1, 0.15) is 11.5 Å². The molecule has 4 aromatic rings. The minimum atomic E-state index is -5.10. The normalized spacial score (nSPS) is 15.3. The smallest absolute Gasteiger partial charge is 0.491 e. The average Bonchev–Trinajstić information content (AvgIpc) is 3.25. The van der Waals surface area contributed by atoms with Gasteiger partial charge in [-0.15, -0.1) is 0 Å². The number of nitrogens with zero attached hydrogens (tertiary/aromatic N) is 2. The van der Waals surface area contributed by atoms with Crippen LogP contribution in [0.5, 0.6) is 11.5 Å². The van der Waals surface area contributed by atoms with Gasteiger partial charge < -0.3 is 24.6 Å². The molecule has 0 aromatic heterocycles. The summed E-state index contributed by atoms with van der Waals surface area (Å²) in [5, 5.41) is 3.45. The third-order valence-corrected chi connectivity index (χ3v) is 11.2. The van der Waals surface area contributed by atoms with Crippen molar-refractivity contribution in [2.24, 2.45) is 11.8 Å². The summed E-state index contributed by atoms with van der Waals surface area (Å²) in [6.07, 6.45) is 7.07.